The van der Waals surface area contributed by atoms with Crippen LogP contribution in [0.25, 0.3) is 0 Å². The van der Waals surface area contributed by atoms with Crippen molar-refractivity contribution in [3.63, 3.8) is 0 Å². The van der Waals surface area contributed by atoms with Crippen LogP contribution in [-0.4, -0.2) is 77.6 Å². The normalized spacial score (nSPS) is 16.9. The van der Waals surface area contributed by atoms with Crippen LogP contribution in [-0.2, 0) is 33.2 Å². The Bertz CT molecular complexity index is 780. The van der Waals surface area contributed by atoms with E-state index in [4.69, 9.17) is 28.4 Å². The van der Waals surface area contributed by atoms with Crippen LogP contribution in [0.3, 0.4) is 0 Å². The van der Waals surface area contributed by atoms with Crippen LogP contribution in [0.4, 0.5) is 0 Å². The molecule has 56 heavy (non-hydrogen) atoms. The lowest BCUT2D eigenvalue weighted by Gasteiger charge is -2.23. The van der Waals surface area contributed by atoms with Crippen molar-refractivity contribution in [1.82, 2.24) is 0 Å². The smallest absolute Gasteiger partial charge is 0.305 e. The minimum atomic E-state index is -0.270. The fraction of sp³-hybridized carbons (Fsp3) is 0.980. The number of carbonyl (C=O) groups is 1. The molecule has 1 saturated heterocycles. The highest BCUT2D eigenvalue weighted by Gasteiger charge is 2.39. The third-order valence-electron chi connectivity index (χ3n) is 11.6. The van der Waals surface area contributed by atoms with Crippen molar-refractivity contribution >= 4 is 5.97 Å². The second kappa shape index (κ2) is 43.8. The predicted molar refractivity (Wildman–Crippen MR) is 236 cm³/mol. The van der Waals surface area contributed by atoms with Crippen LogP contribution in [0.15, 0.2) is 0 Å². The SMILES string of the molecule is CCCCCCCCCCCCCCCCCCOC1COC(COC(=O)CCCCOCCOC)C1OCCCCCCCCCCCCCCCCCC. The van der Waals surface area contributed by atoms with Crippen LogP contribution in [0, 0.1) is 0 Å². The lowest BCUT2D eigenvalue weighted by Crippen LogP contribution is -2.38. The van der Waals surface area contributed by atoms with Crippen LogP contribution in [0.1, 0.15) is 239 Å². The number of methoxy groups -OCH3 is 1. The summed E-state index contributed by atoms with van der Waals surface area (Å²) in [5.74, 6) is -0.181. The highest BCUT2D eigenvalue weighted by atomic mass is 16.6. The molecule has 0 spiro atoms. The summed E-state index contributed by atoms with van der Waals surface area (Å²) in [7, 11) is 1.67. The van der Waals surface area contributed by atoms with Crippen molar-refractivity contribution in [3.8, 4) is 0 Å². The Morgan fingerprint density at radius 2 is 0.857 bits per heavy atom. The minimum absolute atomic E-state index is 0.0969. The zero-order valence-corrected chi connectivity index (χ0v) is 37.8. The molecule has 1 aliphatic heterocycles. The minimum Gasteiger partial charge on any atom is -0.463 e. The van der Waals surface area contributed by atoms with Gasteiger partial charge < -0.3 is 28.4 Å². The van der Waals surface area contributed by atoms with Crippen molar-refractivity contribution < 1.29 is 33.2 Å². The molecule has 1 aliphatic rings. The van der Waals surface area contributed by atoms with E-state index in [-0.39, 0.29) is 30.9 Å². The highest BCUT2D eigenvalue weighted by molar-refractivity contribution is 5.69. The highest BCUT2D eigenvalue weighted by Crippen LogP contribution is 2.23. The molecule has 0 amide bonds. The van der Waals surface area contributed by atoms with Crippen LogP contribution in [0.2, 0.25) is 0 Å². The lowest BCUT2D eigenvalue weighted by atomic mass is 10.0. The third kappa shape index (κ3) is 35.2. The van der Waals surface area contributed by atoms with E-state index in [9.17, 15) is 4.79 Å². The molecule has 0 aromatic carbocycles. The molecule has 0 aliphatic carbocycles. The van der Waals surface area contributed by atoms with Gasteiger partial charge in [-0.1, -0.05) is 206 Å². The molecule has 1 heterocycles. The maximum atomic E-state index is 12.5. The topological polar surface area (TPSA) is 72.5 Å². The Balaban J connectivity index is 2.21. The summed E-state index contributed by atoms with van der Waals surface area (Å²) in [5, 5.41) is 0. The van der Waals surface area contributed by atoms with Gasteiger partial charge >= 0.3 is 5.97 Å². The van der Waals surface area contributed by atoms with E-state index in [0.29, 0.717) is 39.5 Å². The fourth-order valence-corrected chi connectivity index (χ4v) is 7.87. The van der Waals surface area contributed by atoms with Crippen LogP contribution >= 0.6 is 0 Å². The van der Waals surface area contributed by atoms with Crippen molar-refractivity contribution in [3.05, 3.63) is 0 Å². The van der Waals surface area contributed by atoms with Gasteiger partial charge in [0.1, 0.15) is 24.9 Å². The zero-order chi connectivity index (χ0) is 40.3. The second-order valence-electron chi connectivity index (χ2n) is 17.0. The van der Waals surface area contributed by atoms with Gasteiger partial charge in [0, 0.05) is 33.4 Å². The van der Waals surface area contributed by atoms with E-state index in [1.165, 1.54) is 193 Å². The molecule has 0 N–H and O–H groups in total. The molecule has 0 bridgehead atoms. The van der Waals surface area contributed by atoms with Gasteiger partial charge in [0.2, 0.25) is 0 Å². The molecular weight excluding hydrogens is 701 g/mol. The Hall–Kier alpha value is -0.730. The molecular formula is C49H96O7. The molecule has 7 nitrogen and oxygen atoms in total. The Kier molecular flexibility index (Phi) is 41.7. The summed E-state index contributed by atoms with van der Waals surface area (Å²) in [4.78, 5) is 12.5. The number of hydrogen-bond donors (Lipinski definition) is 0. The van der Waals surface area contributed by atoms with Crippen molar-refractivity contribution in [2.75, 3.05) is 53.4 Å². The van der Waals surface area contributed by atoms with Gasteiger partial charge in [-0.2, -0.15) is 0 Å². The van der Waals surface area contributed by atoms with Gasteiger partial charge in [-0.05, 0) is 25.7 Å². The first-order valence-electron chi connectivity index (χ1n) is 24.8. The van der Waals surface area contributed by atoms with Gasteiger partial charge in [0.25, 0.3) is 0 Å². The van der Waals surface area contributed by atoms with E-state index in [0.717, 1.165) is 32.3 Å². The van der Waals surface area contributed by atoms with Gasteiger partial charge in [-0.25, -0.2) is 0 Å². The van der Waals surface area contributed by atoms with E-state index in [1.54, 1.807) is 7.11 Å². The third-order valence-corrected chi connectivity index (χ3v) is 11.6. The van der Waals surface area contributed by atoms with E-state index < -0.39 is 0 Å². The molecule has 3 unspecified atom stereocenters. The van der Waals surface area contributed by atoms with Crippen LogP contribution in [0.5, 0.6) is 0 Å². The summed E-state index contributed by atoms with van der Waals surface area (Å²) in [6.45, 7) is 8.58. The summed E-state index contributed by atoms with van der Waals surface area (Å²) >= 11 is 0. The van der Waals surface area contributed by atoms with Crippen molar-refractivity contribution in [1.29, 1.82) is 0 Å². The first-order valence-corrected chi connectivity index (χ1v) is 24.8. The van der Waals surface area contributed by atoms with E-state index in [2.05, 4.69) is 13.8 Å². The maximum Gasteiger partial charge on any atom is 0.305 e. The molecule has 0 radical (unpaired) electrons. The quantitative estimate of drug-likeness (QED) is 0.0449. The monoisotopic (exact) mass is 797 g/mol. The molecule has 3 atom stereocenters. The molecule has 0 aromatic rings. The van der Waals surface area contributed by atoms with E-state index >= 15 is 0 Å². The second-order valence-corrected chi connectivity index (χ2v) is 17.0. The number of ether oxygens (including phenoxy) is 6. The number of rotatable bonds is 46. The maximum absolute atomic E-state index is 12.5. The standard InChI is InChI=1S/C49H96O7/c1-4-6-8-10-12-14-16-18-20-22-24-26-28-30-32-35-40-53-46-44-55-47(45-56-48(50)38-34-37-39-52-43-42-51-3)49(46)54-41-36-33-31-29-27-25-23-21-19-17-15-13-11-9-7-5-2/h46-47,49H,4-45H2,1-3H3. The van der Waals surface area contributed by atoms with Crippen molar-refractivity contribution in [2.45, 2.75) is 257 Å². The summed E-state index contributed by atoms with van der Waals surface area (Å²) in [6.07, 6.45) is 45.0. The van der Waals surface area contributed by atoms with Gasteiger partial charge in [-0.3, -0.25) is 4.79 Å². The molecule has 1 fully saturated rings. The van der Waals surface area contributed by atoms with Gasteiger partial charge in [0.05, 0.1) is 19.8 Å². The number of unbranched alkanes of at least 4 members (excludes halogenated alkanes) is 31. The Labute approximate surface area is 348 Å². The van der Waals surface area contributed by atoms with E-state index in [1.807, 2.05) is 0 Å². The molecule has 7 heteroatoms. The number of hydrogen-bond acceptors (Lipinski definition) is 7. The number of esters is 1. The number of carbonyl (C=O) groups excluding carboxylic acids is 1. The Morgan fingerprint density at radius 3 is 1.29 bits per heavy atom. The largest absolute Gasteiger partial charge is 0.463 e. The summed E-state index contributed by atoms with van der Waals surface area (Å²) in [5.41, 5.74) is 0. The Morgan fingerprint density at radius 1 is 0.464 bits per heavy atom. The molecule has 334 valence electrons. The first-order chi connectivity index (χ1) is 27.7. The molecule has 1 rings (SSSR count). The van der Waals surface area contributed by atoms with Gasteiger partial charge in [0.15, 0.2) is 0 Å². The van der Waals surface area contributed by atoms with Crippen LogP contribution < -0.4 is 0 Å². The average Bonchev–Trinajstić information content (AvgIpc) is 3.59. The summed E-state index contributed by atoms with van der Waals surface area (Å²) in [6, 6.07) is 0. The van der Waals surface area contributed by atoms with Crippen molar-refractivity contribution in [2.24, 2.45) is 0 Å². The summed E-state index contributed by atoms with van der Waals surface area (Å²) < 4.78 is 35.1. The predicted octanol–water partition coefficient (Wildman–Crippen LogP) is 14.1. The lowest BCUT2D eigenvalue weighted by molar-refractivity contribution is -0.150. The first kappa shape index (κ1) is 53.3. The molecule has 0 aromatic heterocycles. The average molecular weight is 797 g/mol. The fourth-order valence-electron chi connectivity index (χ4n) is 7.87. The van der Waals surface area contributed by atoms with Gasteiger partial charge in [-0.15, -0.1) is 0 Å². The molecule has 0 saturated carbocycles. The zero-order valence-electron chi connectivity index (χ0n) is 37.8.